The summed E-state index contributed by atoms with van der Waals surface area (Å²) in [6, 6.07) is 0.770. The maximum atomic E-state index is 9.50. The molecule has 2 rings (SSSR count). The minimum atomic E-state index is 0.400. The molecule has 2 aliphatic rings. The van der Waals surface area contributed by atoms with Gasteiger partial charge in [0, 0.05) is 12.6 Å². The predicted molar refractivity (Wildman–Crippen MR) is 72.0 cm³/mol. The maximum Gasteiger partial charge on any atom is 0.0462 e. The second-order valence-electron chi connectivity index (χ2n) is 6.06. The zero-order valence-electron chi connectivity index (χ0n) is 11.2. The van der Waals surface area contributed by atoms with Crippen molar-refractivity contribution in [1.82, 2.24) is 5.32 Å². The Hall–Kier alpha value is -0.0800. The number of hydrogen-bond acceptors (Lipinski definition) is 2. The Labute approximate surface area is 106 Å². The molecule has 2 fully saturated rings. The third-order valence-electron chi connectivity index (χ3n) is 4.85. The first kappa shape index (κ1) is 13.4. The van der Waals surface area contributed by atoms with Crippen molar-refractivity contribution in [3.63, 3.8) is 0 Å². The zero-order valence-corrected chi connectivity index (χ0v) is 11.2. The lowest BCUT2D eigenvalue weighted by molar-refractivity contribution is 0.165. The van der Waals surface area contributed by atoms with Crippen molar-refractivity contribution < 1.29 is 5.11 Å². The number of rotatable bonds is 6. The third-order valence-corrected chi connectivity index (χ3v) is 4.85. The Morgan fingerprint density at radius 2 is 1.59 bits per heavy atom. The predicted octanol–water partition coefficient (Wildman–Crippen LogP) is 3.10. The van der Waals surface area contributed by atoms with E-state index in [1.807, 2.05) is 0 Å². The van der Waals surface area contributed by atoms with Crippen LogP contribution in [0.3, 0.4) is 0 Å². The highest BCUT2D eigenvalue weighted by molar-refractivity contribution is 4.77. The Kier molecular flexibility index (Phi) is 5.79. The summed E-state index contributed by atoms with van der Waals surface area (Å²) in [5, 5.41) is 13.2. The average Bonchev–Trinajstić information content (AvgIpc) is 2.90. The quantitative estimate of drug-likeness (QED) is 0.746. The molecule has 2 nitrogen and oxygen atoms in total. The lowest BCUT2D eigenvalue weighted by Crippen LogP contribution is -2.33. The second kappa shape index (κ2) is 7.38. The molecule has 0 aliphatic heterocycles. The van der Waals surface area contributed by atoms with E-state index in [1.165, 1.54) is 64.2 Å². The van der Waals surface area contributed by atoms with Crippen molar-refractivity contribution in [2.24, 2.45) is 11.8 Å². The third kappa shape index (κ3) is 4.26. The van der Waals surface area contributed by atoms with Gasteiger partial charge in [0.2, 0.25) is 0 Å². The highest BCUT2D eigenvalue weighted by atomic mass is 16.3. The molecule has 0 spiro atoms. The Morgan fingerprint density at radius 1 is 0.941 bits per heavy atom. The SMILES string of the molecule is OCC(CCNC1CCCCC1)C1CCCC1. The molecule has 0 bridgehead atoms. The fraction of sp³-hybridized carbons (Fsp3) is 1.00. The summed E-state index contributed by atoms with van der Waals surface area (Å²) in [6.07, 6.45) is 13.6. The van der Waals surface area contributed by atoms with Crippen LogP contribution >= 0.6 is 0 Å². The lowest BCUT2D eigenvalue weighted by atomic mass is 9.88. The number of nitrogens with one attached hydrogen (secondary N) is 1. The standard InChI is InChI=1S/C15H29NO/c17-12-14(13-6-4-5-7-13)10-11-16-15-8-2-1-3-9-15/h13-17H,1-12H2. The van der Waals surface area contributed by atoms with E-state index >= 15 is 0 Å². The fourth-order valence-electron chi connectivity index (χ4n) is 3.68. The van der Waals surface area contributed by atoms with Crippen molar-refractivity contribution in [2.45, 2.75) is 70.3 Å². The van der Waals surface area contributed by atoms with Gasteiger partial charge >= 0.3 is 0 Å². The van der Waals surface area contributed by atoms with E-state index in [0.717, 1.165) is 18.5 Å². The smallest absolute Gasteiger partial charge is 0.0462 e. The highest BCUT2D eigenvalue weighted by Gasteiger charge is 2.24. The largest absolute Gasteiger partial charge is 0.396 e. The van der Waals surface area contributed by atoms with Crippen molar-refractivity contribution in [2.75, 3.05) is 13.2 Å². The van der Waals surface area contributed by atoms with Gasteiger partial charge < -0.3 is 10.4 Å². The molecular formula is C15H29NO. The van der Waals surface area contributed by atoms with Gasteiger partial charge in [-0.3, -0.25) is 0 Å². The van der Waals surface area contributed by atoms with Gasteiger partial charge in [0.25, 0.3) is 0 Å². The van der Waals surface area contributed by atoms with Crippen LogP contribution in [-0.4, -0.2) is 24.3 Å². The second-order valence-corrected chi connectivity index (χ2v) is 6.06. The van der Waals surface area contributed by atoms with Gasteiger partial charge in [-0.25, -0.2) is 0 Å². The van der Waals surface area contributed by atoms with Crippen LogP contribution in [0.15, 0.2) is 0 Å². The molecule has 0 radical (unpaired) electrons. The molecule has 0 aromatic carbocycles. The van der Waals surface area contributed by atoms with Gasteiger partial charge in [-0.2, -0.15) is 0 Å². The number of aliphatic hydroxyl groups excluding tert-OH is 1. The Balaban J connectivity index is 1.61. The lowest BCUT2D eigenvalue weighted by Gasteiger charge is -2.25. The zero-order chi connectivity index (χ0) is 11.9. The maximum absolute atomic E-state index is 9.50. The molecule has 1 atom stereocenters. The van der Waals surface area contributed by atoms with E-state index in [-0.39, 0.29) is 0 Å². The summed E-state index contributed by atoms with van der Waals surface area (Å²) in [5.41, 5.74) is 0. The first-order valence-corrected chi connectivity index (χ1v) is 7.74. The van der Waals surface area contributed by atoms with E-state index in [1.54, 1.807) is 0 Å². The first-order chi connectivity index (χ1) is 8.40. The molecule has 0 heterocycles. The topological polar surface area (TPSA) is 32.3 Å². The normalized spacial score (nSPS) is 25.2. The molecule has 0 amide bonds. The number of hydrogen-bond donors (Lipinski definition) is 2. The summed E-state index contributed by atoms with van der Waals surface area (Å²) in [4.78, 5) is 0. The molecule has 0 aromatic heterocycles. The number of aliphatic hydroxyl groups is 1. The molecule has 2 saturated carbocycles. The molecule has 1 unspecified atom stereocenters. The van der Waals surface area contributed by atoms with Gasteiger partial charge in [0.15, 0.2) is 0 Å². The van der Waals surface area contributed by atoms with Crippen molar-refractivity contribution in [3.05, 3.63) is 0 Å². The summed E-state index contributed by atoms with van der Waals surface area (Å²) in [6.45, 7) is 1.52. The van der Waals surface area contributed by atoms with Crippen molar-refractivity contribution >= 4 is 0 Å². The van der Waals surface area contributed by atoms with Crippen LogP contribution in [0.4, 0.5) is 0 Å². The molecular weight excluding hydrogens is 210 g/mol. The summed E-state index contributed by atoms with van der Waals surface area (Å²) in [5.74, 6) is 1.38. The summed E-state index contributed by atoms with van der Waals surface area (Å²) < 4.78 is 0. The molecule has 0 saturated heterocycles. The molecule has 2 aliphatic carbocycles. The monoisotopic (exact) mass is 239 g/mol. The average molecular weight is 239 g/mol. The van der Waals surface area contributed by atoms with Gasteiger partial charge in [-0.15, -0.1) is 0 Å². The molecule has 0 aromatic rings. The van der Waals surface area contributed by atoms with E-state index in [9.17, 15) is 5.11 Å². The first-order valence-electron chi connectivity index (χ1n) is 7.74. The van der Waals surface area contributed by atoms with E-state index in [4.69, 9.17) is 0 Å². The van der Waals surface area contributed by atoms with Gasteiger partial charge in [-0.1, -0.05) is 44.9 Å². The van der Waals surface area contributed by atoms with Crippen LogP contribution in [0.5, 0.6) is 0 Å². The Morgan fingerprint density at radius 3 is 2.24 bits per heavy atom. The molecule has 100 valence electrons. The molecule has 2 heteroatoms. The van der Waals surface area contributed by atoms with Crippen molar-refractivity contribution in [3.8, 4) is 0 Å². The highest BCUT2D eigenvalue weighted by Crippen LogP contribution is 2.32. The fourth-order valence-corrected chi connectivity index (χ4v) is 3.68. The van der Waals surface area contributed by atoms with E-state index in [0.29, 0.717) is 12.5 Å². The van der Waals surface area contributed by atoms with Gasteiger partial charge in [0.1, 0.15) is 0 Å². The van der Waals surface area contributed by atoms with Crippen LogP contribution in [0.2, 0.25) is 0 Å². The van der Waals surface area contributed by atoms with Crippen molar-refractivity contribution in [1.29, 1.82) is 0 Å². The van der Waals surface area contributed by atoms with Crippen LogP contribution in [-0.2, 0) is 0 Å². The van der Waals surface area contributed by atoms with Crippen LogP contribution in [0.1, 0.15) is 64.2 Å². The Bertz CT molecular complexity index is 195. The van der Waals surface area contributed by atoms with Gasteiger partial charge in [0.05, 0.1) is 0 Å². The van der Waals surface area contributed by atoms with E-state index < -0.39 is 0 Å². The van der Waals surface area contributed by atoms with Gasteiger partial charge in [-0.05, 0) is 37.6 Å². The summed E-state index contributed by atoms with van der Waals surface area (Å²) in [7, 11) is 0. The molecule has 2 N–H and O–H groups in total. The molecule has 17 heavy (non-hydrogen) atoms. The summed E-state index contributed by atoms with van der Waals surface area (Å²) >= 11 is 0. The minimum Gasteiger partial charge on any atom is -0.396 e. The van der Waals surface area contributed by atoms with Crippen LogP contribution in [0.25, 0.3) is 0 Å². The van der Waals surface area contributed by atoms with Crippen LogP contribution in [0, 0.1) is 11.8 Å². The minimum absolute atomic E-state index is 0.400. The van der Waals surface area contributed by atoms with Crippen LogP contribution < -0.4 is 5.32 Å². The van der Waals surface area contributed by atoms with E-state index in [2.05, 4.69) is 5.32 Å².